The van der Waals surface area contributed by atoms with Crippen molar-refractivity contribution in [1.29, 1.82) is 0 Å². The summed E-state index contributed by atoms with van der Waals surface area (Å²) < 4.78 is 7.30. The van der Waals surface area contributed by atoms with Crippen molar-refractivity contribution in [2.45, 2.75) is 45.8 Å². The number of aliphatic carboxylic acids is 1. The molecule has 1 aliphatic heterocycles. The van der Waals surface area contributed by atoms with E-state index in [1.165, 1.54) is 17.6 Å². The summed E-state index contributed by atoms with van der Waals surface area (Å²) >= 11 is 0. The number of aryl methyl sites for hydroxylation is 2. The number of fused-ring (bicyclic) bond motifs is 1. The molecular weight excluding hydrogens is 460 g/mol. The fraction of sp³-hybridized carbons (Fsp3) is 0.333. The summed E-state index contributed by atoms with van der Waals surface area (Å²) in [6.07, 6.45) is 1.80. The Morgan fingerprint density at radius 3 is 2.72 bits per heavy atom. The van der Waals surface area contributed by atoms with Crippen LogP contribution in [0.4, 0.5) is 0 Å². The molecule has 4 rings (SSSR count). The number of carboxylic acid groups (broad SMARTS) is 1. The number of hydrogen-bond acceptors (Lipinski definition) is 5. The lowest BCUT2D eigenvalue weighted by Gasteiger charge is -2.35. The van der Waals surface area contributed by atoms with Gasteiger partial charge in [-0.05, 0) is 43.2 Å². The summed E-state index contributed by atoms with van der Waals surface area (Å²) in [7, 11) is 1.53. The van der Waals surface area contributed by atoms with Crippen LogP contribution in [0.3, 0.4) is 0 Å². The van der Waals surface area contributed by atoms with Crippen LogP contribution in [0.1, 0.15) is 44.9 Å². The molecule has 2 aromatic carbocycles. The summed E-state index contributed by atoms with van der Waals surface area (Å²) in [6, 6.07) is 12.3. The second-order valence-corrected chi connectivity index (χ2v) is 9.02. The highest BCUT2D eigenvalue weighted by Crippen LogP contribution is 2.27. The van der Waals surface area contributed by atoms with Crippen LogP contribution in [0, 0.1) is 13.8 Å². The van der Waals surface area contributed by atoms with Crippen molar-refractivity contribution in [3.8, 4) is 5.75 Å². The lowest BCUT2D eigenvalue weighted by Crippen LogP contribution is -2.53. The van der Waals surface area contributed by atoms with E-state index in [4.69, 9.17) is 9.84 Å². The zero-order valence-electron chi connectivity index (χ0n) is 20.7. The number of benzene rings is 2. The number of carbonyl (C=O) groups is 3. The molecule has 0 aliphatic carbocycles. The number of carboxylic acids is 1. The van der Waals surface area contributed by atoms with E-state index in [9.17, 15) is 14.4 Å². The Morgan fingerprint density at radius 1 is 1.17 bits per heavy atom. The minimum Gasteiger partial charge on any atom is -0.497 e. The standard InChI is InChI=1S/C27H30N4O5/c1-17-7-8-18(2)20(11-17)14-30-16-29-22-13-23(26(34)28-10-9-25(32)33)31(15-24(22)30)27(35)19-5-4-6-21(12-19)36-3/h4-8,11-12,16,23H,9-10,13-15H2,1-3H3,(H,28,34)(H,32,33). The normalized spacial score (nSPS) is 14.8. The van der Waals surface area contributed by atoms with Crippen LogP contribution in [0.5, 0.6) is 5.75 Å². The molecule has 9 nitrogen and oxygen atoms in total. The van der Waals surface area contributed by atoms with Crippen molar-refractivity contribution in [2.75, 3.05) is 13.7 Å². The van der Waals surface area contributed by atoms with Gasteiger partial charge in [-0.1, -0.05) is 29.8 Å². The topological polar surface area (TPSA) is 114 Å². The Balaban J connectivity index is 1.65. The molecule has 2 heterocycles. The second-order valence-electron chi connectivity index (χ2n) is 9.02. The van der Waals surface area contributed by atoms with Gasteiger partial charge in [0.05, 0.1) is 37.8 Å². The molecule has 36 heavy (non-hydrogen) atoms. The first-order valence-electron chi connectivity index (χ1n) is 11.8. The van der Waals surface area contributed by atoms with Crippen LogP contribution in [-0.2, 0) is 29.1 Å². The molecule has 188 valence electrons. The highest BCUT2D eigenvalue weighted by atomic mass is 16.5. The molecule has 0 saturated carbocycles. The van der Waals surface area contributed by atoms with Crippen molar-refractivity contribution in [3.05, 3.63) is 82.4 Å². The average molecular weight is 491 g/mol. The molecule has 0 bridgehead atoms. The Labute approximate surface area is 209 Å². The quantitative estimate of drug-likeness (QED) is 0.502. The molecule has 1 unspecified atom stereocenters. The van der Waals surface area contributed by atoms with Gasteiger partial charge in [0.25, 0.3) is 5.91 Å². The number of rotatable bonds is 8. The molecule has 2 amide bonds. The SMILES string of the molecule is COc1cccc(C(=O)N2Cc3c(ncn3Cc3cc(C)ccc3C)CC2C(=O)NCCC(=O)O)c1. The molecule has 3 aromatic rings. The molecule has 0 radical (unpaired) electrons. The largest absolute Gasteiger partial charge is 0.497 e. The highest BCUT2D eigenvalue weighted by molar-refractivity contribution is 5.98. The molecule has 1 atom stereocenters. The minimum atomic E-state index is -1.00. The van der Waals surface area contributed by atoms with Crippen LogP contribution in [-0.4, -0.2) is 57.0 Å². The maximum Gasteiger partial charge on any atom is 0.305 e. The number of hydrogen-bond donors (Lipinski definition) is 2. The Bertz CT molecular complexity index is 1300. The van der Waals surface area contributed by atoms with Gasteiger partial charge in [-0.25, -0.2) is 4.98 Å². The summed E-state index contributed by atoms with van der Waals surface area (Å²) in [5, 5.41) is 11.6. The molecule has 9 heteroatoms. The summed E-state index contributed by atoms with van der Waals surface area (Å²) in [5.41, 5.74) is 5.53. The number of nitrogens with one attached hydrogen (secondary N) is 1. The Hall–Kier alpha value is -4.14. The number of amides is 2. The first-order valence-corrected chi connectivity index (χ1v) is 11.8. The van der Waals surface area contributed by atoms with E-state index in [0.29, 0.717) is 17.9 Å². The Kier molecular flexibility index (Phi) is 7.38. The van der Waals surface area contributed by atoms with Gasteiger partial charge >= 0.3 is 5.97 Å². The smallest absolute Gasteiger partial charge is 0.305 e. The third kappa shape index (κ3) is 5.40. The van der Waals surface area contributed by atoms with E-state index < -0.39 is 17.9 Å². The Morgan fingerprint density at radius 2 is 1.97 bits per heavy atom. The number of ether oxygens (including phenoxy) is 1. The molecule has 0 saturated heterocycles. The number of carbonyl (C=O) groups excluding carboxylic acids is 2. The zero-order valence-corrected chi connectivity index (χ0v) is 20.7. The number of methoxy groups -OCH3 is 1. The van der Waals surface area contributed by atoms with Gasteiger partial charge in [-0.3, -0.25) is 14.4 Å². The van der Waals surface area contributed by atoms with Gasteiger partial charge in [0.2, 0.25) is 5.91 Å². The van der Waals surface area contributed by atoms with E-state index >= 15 is 0 Å². The molecule has 1 aliphatic rings. The fourth-order valence-electron chi connectivity index (χ4n) is 4.44. The summed E-state index contributed by atoms with van der Waals surface area (Å²) in [5.74, 6) is -1.17. The zero-order chi connectivity index (χ0) is 25.8. The molecule has 0 spiro atoms. The lowest BCUT2D eigenvalue weighted by molar-refractivity contribution is -0.137. The van der Waals surface area contributed by atoms with Crippen molar-refractivity contribution in [1.82, 2.24) is 19.8 Å². The van der Waals surface area contributed by atoms with Gasteiger partial charge in [0.1, 0.15) is 11.8 Å². The van der Waals surface area contributed by atoms with Crippen LogP contribution < -0.4 is 10.1 Å². The third-order valence-corrected chi connectivity index (χ3v) is 6.48. The van der Waals surface area contributed by atoms with E-state index in [1.807, 2.05) is 4.57 Å². The predicted octanol–water partition coefficient (Wildman–Crippen LogP) is 2.71. The summed E-state index contributed by atoms with van der Waals surface area (Å²) in [4.78, 5) is 43.7. The predicted molar refractivity (Wildman–Crippen MR) is 133 cm³/mol. The van der Waals surface area contributed by atoms with Crippen molar-refractivity contribution in [3.63, 3.8) is 0 Å². The lowest BCUT2D eigenvalue weighted by atomic mass is 9.99. The van der Waals surface area contributed by atoms with Crippen LogP contribution >= 0.6 is 0 Å². The van der Waals surface area contributed by atoms with E-state index in [1.54, 1.807) is 30.6 Å². The van der Waals surface area contributed by atoms with Gasteiger partial charge in [-0.15, -0.1) is 0 Å². The summed E-state index contributed by atoms with van der Waals surface area (Å²) in [6.45, 7) is 4.90. The number of nitrogens with zero attached hydrogens (tertiary/aromatic N) is 3. The van der Waals surface area contributed by atoms with Crippen LogP contribution in [0.15, 0.2) is 48.8 Å². The van der Waals surface area contributed by atoms with E-state index in [2.05, 4.69) is 42.3 Å². The number of aromatic nitrogens is 2. The van der Waals surface area contributed by atoms with E-state index in [-0.39, 0.29) is 31.8 Å². The monoisotopic (exact) mass is 490 g/mol. The fourth-order valence-corrected chi connectivity index (χ4v) is 4.44. The maximum atomic E-state index is 13.6. The first-order chi connectivity index (χ1) is 17.3. The van der Waals surface area contributed by atoms with E-state index in [0.717, 1.165) is 22.5 Å². The van der Waals surface area contributed by atoms with Crippen LogP contribution in [0.25, 0.3) is 0 Å². The molecule has 2 N–H and O–H groups in total. The molecule has 0 fully saturated rings. The highest BCUT2D eigenvalue weighted by Gasteiger charge is 2.37. The maximum absolute atomic E-state index is 13.6. The second kappa shape index (κ2) is 10.6. The first kappa shape index (κ1) is 25.0. The van der Waals surface area contributed by atoms with Crippen molar-refractivity contribution >= 4 is 17.8 Å². The number of imidazole rings is 1. The molecular formula is C27H30N4O5. The minimum absolute atomic E-state index is 0.0141. The van der Waals surface area contributed by atoms with Gasteiger partial charge < -0.3 is 24.6 Å². The third-order valence-electron chi connectivity index (χ3n) is 6.48. The average Bonchev–Trinajstić information content (AvgIpc) is 3.26. The van der Waals surface area contributed by atoms with Gasteiger partial charge in [-0.2, -0.15) is 0 Å². The van der Waals surface area contributed by atoms with Crippen molar-refractivity contribution in [2.24, 2.45) is 0 Å². The van der Waals surface area contributed by atoms with Gasteiger partial charge in [0, 0.05) is 25.1 Å². The molecule has 1 aromatic heterocycles. The van der Waals surface area contributed by atoms with Crippen molar-refractivity contribution < 1.29 is 24.2 Å². The van der Waals surface area contributed by atoms with Gasteiger partial charge in [0.15, 0.2) is 0 Å². The van der Waals surface area contributed by atoms with Crippen LogP contribution in [0.2, 0.25) is 0 Å².